The van der Waals surface area contributed by atoms with Gasteiger partial charge in [-0.2, -0.15) is 0 Å². The van der Waals surface area contributed by atoms with Crippen molar-refractivity contribution in [2.24, 2.45) is 11.3 Å². The molecule has 6 heteroatoms. The zero-order valence-electron chi connectivity index (χ0n) is 15.0. The predicted molar refractivity (Wildman–Crippen MR) is 93.0 cm³/mol. The first-order valence-corrected chi connectivity index (χ1v) is 9.39. The van der Waals surface area contributed by atoms with Crippen molar-refractivity contribution < 1.29 is 9.59 Å². The Labute approximate surface area is 148 Å². The maximum Gasteiger partial charge on any atom is 0.255 e. The summed E-state index contributed by atoms with van der Waals surface area (Å²) in [4.78, 5) is 35.4. The zero-order valence-corrected chi connectivity index (χ0v) is 15.0. The Kier molecular flexibility index (Phi) is 4.01. The third kappa shape index (κ3) is 3.39. The van der Waals surface area contributed by atoms with Crippen molar-refractivity contribution in [3.8, 4) is 0 Å². The molecule has 1 saturated heterocycles. The van der Waals surface area contributed by atoms with Gasteiger partial charge in [-0.1, -0.05) is 6.92 Å². The van der Waals surface area contributed by atoms with E-state index in [0.29, 0.717) is 22.8 Å². The van der Waals surface area contributed by atoms with Crippen molar-refractivity contribution in [2.75, 3.05) is 13.1 Å². The third-order valence-corrected chi connectivity index (χ3v) is 6.19. The van der Waals surface area contributed by atoms with E-state index in [2.05, 4.69) is 22.2 Å². The summed E-state index contributed by atoms with van der Waals surface area (Å²) >= 11 is 0. The van der Waals surface area contributed by atoms with E-state index >= 15 is 0 Å². The number of carbonyl (C=O) groups excluding carboxylic acids is 2. The zero-order chi connectivity index (χ0) is 17.6. The second kappa shape index (κ2) is 6.07. The molecule has 3 aliphatic rings. The third-order valence-electron chi connectivity index (χ3n) is 6.19. The standard InChI is InChI=1S/C19H26N4O2/c1-12-9-15(12)16-20-10-14(11-21-16)17(24)22-13(2)18(25)23-7-5-19(3-4-19)6-8-23/h10-13,15H,3-9H2,1-2H3,(H,22,24)/t12-,13-,15+/m1/s1. The number of nitrogens with one attached hydrogen (secondary N) is 1. The van der Waals surface area contributed by atoms with Crippen LogP contribution in [0.3, 0.4) is 0 Å². The van der Waals surface area contributed by atoms with Crippen molar-refractivity contribution in [1.29, 1.82) is 0 Å². The SMILES string of the molecule is C[C@@H]1C[C@@H]1c1ncc(C(=O)N[C@H](C)C(=O)N2CCC3(CC2)CC3)cn1. The molecule has 0 bridgehead atoms. The number of hydrogen-bond donors (Lipinski definition) is 1. The van der Waals surface area contributed by atoms with Crippen molar-refractivity contribution in [2.45, 2.75) is 57.9 Å². The van der Waals surface area contributed by atoms with Gasteiger partial charge in [-0.3, -0.25) is 9.59 Å². The second-order valence-corrected chi connectivity index (χ2v) is 8.17. The van der Waals surface area contributed by atoms with E-state index in [1.165, 1.54) is 12.8 Å². The number of amides is 2. The van der Waals surface area contributed by atoms with E-state index < -0.39 is 6.04 Å². The molecule has 1 aliphatic heterocycles. The molecule has 4 rings (SSSR count). The summed E-state index contributed by atoms with van der Waals surface area (Å²) in [6, 6.07) is -0.524. The van der Waals surface area contributed by atoms with Crippen LogP contribution in [0.2, 0.25) is 0 Å². The highest BCUT2D eigenvalue weighted by atomic mass is 16.2. The fraction of sp³-hybridized carbons (Fsp3) is 0.684. The van der Waals surface area contributed by atoms with Crippen LogP contribution in [0.1, 0.15) is 68.1 Å². The predicted octanol–water partition coefficient (Wildman–Crippen LogP) is 2.12. The number of likely N-dealkylation sites (tertiary alicyclic amines) is 1. The van der Waals surface area contributed by atoms with Gasteiger partial charge in [-0.15, -0.1) is 0 Å². The maximum absolute atomic E-state index is 12.6. The highest BCUT2D eigenvalue weighted by molar-refractivity contribution is 5.97. The van der Waals surface area contributed by atoms with E-state index in [-0.39, 0.29) is 11.8 Å². The fourth-order valence-corrected chi connectivity index (χ4v) is 3.82. The average molecular weight is 342 g/mol. The fourth-order valence-electron chi connectivity index (χ4n) is 3.82. The van der Waals surface area contributed by atoms with E-state index in [9.17, 15) is 9.59 Å². The molecular formula is C19H26N4O2. The molecule has 1 aromatic heterocycles. The Bertz CT molecular complexity index is 673. The molecule has 3 fully saturated rings. The van der Waals surface area contributed by atoms with Gasteiger partial charge in [0.2, 0.25) is 5.91 Å². The molecule has 134 valence electrons. The number of carbonyl (C=O) groups is 2. The van der Waals surface area contributed by atoms with Crippen molar-refractivity contribution in [3.63, 3.8) is 0 Å². The van der Waals surface area contributed by atoms with Crippen LogP contribution in [0.15, 0.2) is 12.4 Å². The first kappa shape index (κ1) is 16.5. The average Bonchev–Trinajstić information content (AvgIpc) is 3.54. The van der Waals surface area contributed by atoms with Crippen LogP contribution >= 0.6 is 0 Å². The Morgan fingerprint density at radius 1 is 1.20 bits per heavy atom. The molecule has 0 aromatic carbocycles. The van der Waals surface area contributed by atoms with Gasteiger partial charge >= 0.3 is 0 Å². The maximum atomic E-state index is 12.6. The summed E-state index contributed by atoms with van der Waals surface area (Å²) in [6.45, 7) is 5.56. The summed E-state index contributed by atoms with van der Waals surface area (Å²) < 4.78 is 0. The molecule has 6 nitrogen and oxygen atoms in total. The van der Waals surface area contributed by atoms with Crippen molar-refractivity contribution in [3.05, 3.63) is 23.8 Å². The van der Waals surface area contributed by atoms with Crippen LogP contribution in [0.4, 0.5) is 0 Å². The summed E-state index contributed by atoms with van der Waals surface area (Å²) in [6.07, 6.45) is 9.10. The summed E-state index contributed by atoms with van der Waals surface area (Å²) in [5, 5.41) is 2.79. The van der Waals surface area contributed by atoms with Gasteiger partial charge in [0.05, 0.1) is 5.56 Å². The highest BCUT2D eigenvalue weighted by Crippen LogP contribution is 2.53. The number of rotatable bonds is 4. The molecule has 2 saturated carbocycles. The lowest BCUT2D eigenvalue weighted by Crippen LogP contribution is -2.49. The Morgan fingerprint density at radius 2 is 1.80 bits per heavy atom. The Hall–Kier alpha value is -1.98. The topological polar surface area (TPSA) is 75.2 Å². The molecule has 1 N–H and O–H groups in total. The van der Waals surface area contributed by atoms with Crippen LogP contribution in [-0.2, 0) is 4.79 Å². The lowest BCUT2D eigenvalue weighted by molar-refractivity contribution is -0.134. The lowest BCUT2D eigenvalue weighted by atomic mass is 9.93. The molecule has 2 heterocycles. The molecule has 2 aliphatic carbocycles. The van der Waals surface area contributed by atoms with Gasteiger partial charge in [-0.05, 0) is 50.4 Å². The van der Waals surface area contributed by atoms with E-state index in [4.69, 9.17) is 0 Å². The summed E-state index contributed by atoms with van der Waals surface area (Å²) in [5.41, 5.74) is 0.953. The molecule has 3 atom stereocenters. The molecule has 1 spiro atoms. The number of piperidine rings is 1. The van der Waals surface area contributed by atoms with E-state index in [1.54, 1.807) is 19.3 Å². The van der Waals surface area contributed by atoms with Gasteiger partial charge in [0.15, 0.2) is 0 Å². The minimum atomic E-state index is -0.524. The van der Waals surface area contributed by atoms with Crippen LogP contribution in [0.5, 0.6) is 0 Å². The van der Waals surface area contributed by atoms with E-state index in [0.717, 1.165) is 38.2 Å². The molecule has 25 heavy (non-hydrogen) atoms. The monoisotopic (exact) mass is 342 g/mol. The molecular weight excluding hydrogens is 316 g/mol. The second-order valence-electron chi connectivity index (χ2n) is 8.17. The number of hydrogen-bond acceptors (Lipinski definition) is 4. The Morgan fingerprint density at radius 3 is 2.32 bits per heavy atom. The van der Waals surface area contributed by atoms with Crippen LogP contribution in [-0.4, -0.2) is 45.8 Å². The largest absolute Gasteiger partial charge is 0.341 e. The number of nitrogens with zero attached hydrogens (tertiary/aromatic N) is 3. The molecule has 0 unspecified atom stereocenters. The molecule has 1 aromatic rings. The van der Waals surface area contributed by atoms with Crippen LogP contribution in [0, 0.1) is 11.3 Å². The van der Waals surface area contributed by atoms with E-state index in [1.807, 2.05) is 4.90 Å². The van der Waals surface area contributed by atoms with Gasteiger partial charge in [-0.25, -0.2) is 9.97 Å². The number of aromatic nitrogens is 2. The summed E-state index contributed by atoms with van der Waals surface area (Å²) in [5.74, 6) is 1.61. The summed E-state index contributed by atoms with van der Waals surface area (Å²) in [7, 11) is 0. The van der Waals surface area contributed by atoms with Crippen molar-refractivity contribution in [1.82, 2.24) is 20.2 Å². The highest BCUT2D eigenvalue weighted by Gasteiger charge is 2.45. The quantitative estimate of drug-likeness (QED) is 0.909. The smallest absolute Gasteiger partial charge is 0.255 e. The first-order valence-electron chi connectivity index (χ1n) is 9.39. The first-order chi connectivity index (χ1) is 12.0. The lowest BCUT2D eigenvalue weighted by Gasteiger charge is -2.33. The van der Waals surface area contributed by atoms with Crippen LogP contribution in [0.25, 0.3) is 0 Å². The van der Waals surface area contributed by atoms with Gasteiger partial charge in [0.1, 0.15) is 11.9 Å². The van der Waals surface area contributed by atoms with Gasteiger partial charge in [0, 0.05) is 31.4 Å². The minimum absolute atomic E-state index is 0.00759. The Balaban J connectivity index is 1.31. The van der Waals surface area contributed by atoms with Gasteiger partial charge in [0.25, 0.3) is 5.91 Å². The minimum Gasteiger partial charge on any atom is -0.341 e. The molecule has 0 radical (unpaired) electrons. The van der Waals surface area contributed by atoms with Crippen LogP contribution < -0.4 is 5.32 Å². The molecule has 2 amide bonds. The van der Waals surface area contributed by atoms with Crippen molar-refractivity contribution >= 4 is 11.8 Å². The van der Waals surface area contributed by atoms with Gasteiger partial charge < -0.3 is 10.2 Å². The normalized spacial score (nSPS) is 27.7.